The van der Waals surface area contributed by atoms with Gasteiger partial charge < -0.3 is 9.64 Å². The van der Waals surface area contributed by atoms with Crippen LogP contribution in [0.4, 0.5) is 5.69 Å². The van der Waals surface area contributed by atoms with Gasteiger partial charge in [-0.1, -0.05) is 18.2 Å². The summed E-state index contributed by atoms with van der Waals surface area (Å²) in [5.74, 6) is 0.666. The first-order valence-electron chi connectivity index (χ1n) is 8.46. The van der Waals surface area contributed by atoms with Crippen LogP contribution in [0.15, 0.2) is 48.5 Å². The molecule has 0 radical (unpaired) electrons. The van der Waals surface area contributed by atoms with Crippen LogP contribution >= 0.6 is 0 Å². The zero-order valence-electron chi connectivity index (χ0n) is 14.6. The van der Waals surface area contributed by atoms with Gasteiger partial charge in [0.15, 0.2) is 0 Å². The molecular formula is C19H21N3O4. The Hall–Kier alpha value is -2.93. The zero-order valence-corrected chi connectivity index (χ0v) is 14.6. The SMILES string of the molecule is COc1cccc(C(=O)N2CCN(Cc3cccc([N+](=O)[O-])c3)CC2)c1. The summed E-state index contributed by atoms with van der Waals surface area (Å²) >= 11 is 0. The Morgan fingerprint density at radius 1 is 1.12 bits per heavy atom. The van der Waals surface area contributed by atoms with Crippen LogP contribution in [-0.4, -0.2) is 53.9 Å². The van der Waals surface area contributed by atoms with Gasteiger partial charge in [0.25, 0.3) is 11.6 Å². The van der Waals surface area contributed by atoms with Crippen molar-refractivity contribution in [3.8, 4) is 5.75 Å². The van der Waals surface area contributed by atoms with Crippen LogP contribution in [0.5, 0.6) is 5.75 Å². The van der Waals surface area contributed by atoms with Gasteiger partial charge >= 0.3 is 0 Å². The third-order valence-corrected chi connectivity index (χ3v) is 4.50. The molecule has 2 aromatic carbocycles. The van der Waals surface area contributed by atoms with Crippen molar-refractivity contribution < 1.29 is 14.5 Å². The molecule has 0 aliphatic carbocycles. The number of ether oxygens (including phenoxy) is 1. The fraction of sp³-hybridized carbons (Fsp3) is 0.316. The first-order valence-corrected chi connectivity index (χ1v) is 8.46. The van der Waals surface area contributed by atoms with Crippen molar-refractivity contribution in [1.82, 2.24) is 9.80 Å². The van der Waals surface area contributed by atoms with Crippen LogP contribution in [-0.2, 0) is 6.54 Å². The van der Waals surface area contributed by atoms with E-state index in [1.54, 1.807) is 31.4 Å². The van der Waals surface area contributed by atoms with Gasteiger partial charge in [-0.25, -0.2) is 0 Å². The molecule has 0 spiro atoms. The molecule has 0 saturated carbocycles. The molecule has 1 saturated heterocycles. The highest BCUT2D eigenvalue weighted by Gasteiger charge is 2.22. The molecule has 7 heteroatoms. The van der Waals surface area contributed by atoms with E-state index in [1.165, 1.54) is 6.07 Å². The number of rotatable bonds is 5. The number of carbonyl (C=O) groups excluding carboxylic acids is 1. The van der Waals surface area contributed by atoms with Crippen molar-refractivity contribution in [3.05, 3.63) is 69.8 Å². The number of hydrogen-bond acceptors (Lipinski definition) is 5. The number of amides is 1. The van der Waals surface area contributed by atoms with Crippen LogP contribution in [0, 0.1) is 10.1 Å². The second-order valence-electron chi connectivity index (χ2n) is 6.23. The van der Waals surface area contributed by atoms with E-state index in [1.807, 2.05) is 23.1 Å². The molecule has 0 aromatic heterocycles. The number of nitrogens with zero attached hydrogens (tertiary/aromatic N) is 3. The van der Waals surface area contributed by atoms with Gasteiger partial charge in [-0.3, -0.25) is 19.8 Å². The Balaban J connectivity index is 1.58. The molecule has 2 aromatic rings. The Bertz CT molecular complexity index is 801. The van der Waals surface area contributed by atoms with Gasteiger partial charge in [-0.2, -0.15) is 0 Å². The molecule has 0 atom stereocenters. The van der Waals surface area contributed by atoms with Gasteiger partial charge in [-0.05, 0) is 23.8 Å². The number of nitro benzene ring substituents is 1. The molecule has 1 amide bonds. The molecule has 3 rings (SSSR count). The van der Waals surface area contributed by atoms with Crippen molar-refractivity contribution in [1.29, 1.82) is 0 Å². The van der Waals surface area contributed by atoms with Crippen LogP contribution in [0.1, 0.15) is 15.9 Å². The van der Waals surface area contributed by atoms with Crippen LogP contribution in [0.3, 0.4) is 0 Å². The fourth-order valence-electron chi connectivity index (χ4n) is 3.07. The highest BCUT2D eigenvalue weighted by molar-refractivity contribution is 5.94. The number of benzene rings is 2. The smallest absolute Gasteiger partial charge is 0.269 e. The number of piperazine rings is 1. The number of hydrogen-bond donors (Lipinski definition) is 0. The lowest BCUT2D eigenvalue weighted by molar-refractivity contribution is -0.384. The summed E-state index contributed by atoms with van der Waals surface area (Å²) in [6, 6.07) is 13.9. The molecule has 1 heterocycles. The minimum Gasteiger partial charge on any atom is -0.497 e. The first-order chi connectivity index (χ1) is 12.6. The molecule has 26 heavy (non-hydrogen) atoms. The monoisotopic (exact) mass is 355 g/mol. The van der Waals surface area contributed by atoms with Crippen molar-refractivity contribution in [2.45, 2.75) is 6.54 Å². The van der Waals surface area contributed by atoms with Crippen molar-refractivity contribution in [2.75, 3.05) is 33.3 Å². The number of carbonyl (C=O) groups is 1. The molecule has 0 unspecified atom stereocenters. The normalized spacial score (nSPS) is 14.9. The minimum absolute atomic E-state index is 0.00102. The molecule has 0 bridgehead atoms. The third-order valence-electron chi connectivity index (χ3n) is 4.50. The Labute approximate surface area is 151 Å². The molecule has 0 N–H and O–H groups in total. The summed E-state index contributed by atoms with van der Waals surface area (Å²) in [6.07, 6.45) is 0. The zero-order chi connectivity index (χ0) is 18.5. The summed E-state index contributed by atoms with van der Waals surface area (Å²) in [4.78, 5) is 27.2. The molecule has 1 fully saturated rings. The van der Waals surface area contributed by atoms with Crippen molar-refractivity contribution in [2.24, 2.45) is 0 Å². The summed E-state index contributed by atoms with van der Waals surface area (Å²) in [5, 5.41) is 10.9. The number of nitro groups is 1. The van der Waals surface area contributed by atoms with Crippen LogP contribution in [0.25, 0.3) is 0 Å². The van der Waals surface area contributed by atoms with E-state index in [-0.39, 0.29) is 16.5 Å². The standard InChI is InChI=1S/C19H21N3O4/c1-26-18-7-3-5-16(13-18)19(23)21-10-8-20(9-11-21)14-15-4-2-6-17(12-15)22(24)25/h2-7,12-13H,8-11,14H2,1H3. The van der Waals surface area contributed by atoms with Gasteiger partial charge in [0.1, 0.15) is 5.75 Å². The minimum atomic E-state index is -0.381. The maximum atomic E-state index is 12.6. The lowest BCUT2D eigenvalue weighted by Crippen LogP contribution is -2.48. The average molecular weight is 355 g/mol. The molecule has 1 aliphatic heterocycles. The van der Waals surface area contributed by atoms with Gasteiger partial charge in [0.2, 0.25) is 0 Å². The van der Waals surface area contributed by atoms with Crippen molar-refractivity contribution >= 4 is 11.6 Å². The largest absolute Gasteiger partial charge is 0.497 e. The predicted octanol–water partition coefficient (Wildman–Crippen LogP) is 2.56. The predicted molar refractivity (Wildman–Crippen MR) is 97.3 cm³/mol. The summed E-state index contributed by atoms with van der Waals surface area (Å²) in [7, 11) is 1.58. The Kier molecular flexibility index (Phi) is 5.48. The lowest BCUT2D eigenvalue weighted by atomic mass is 10.1. The van der Waals surface area contributed by atoms with E-state index >= 15 is 0 Å². The maximum Gasteiger partial charge on any atom is 0.269 e. The van der Waals surface area contributed by atoms with E-state index in [9.17, 15) is 14.9 Å². The van der Waals surface area contributed by atoms with Gasteiger partial charge in [0.05, 0.1) is 12.0 Å². The van der Waals surface area contributed by atoms with E-state index < -0.39 is 0 Å². The highest BCUT2D eigenvalue weighted by atomic mass is 16.6. The van der Waals surface area contributed by atoms with Crippen molar-refractivity contribution in [3.63, 3.8) is 0 Å². The maximum absolute atomic E-state index is 12.6. The summed E-state index contributed by atoms with van der Waals surface area (Å²) in [5.41, 5.74) is 1.64. The Morgan fingerprint density at radius 3 is 2.54 bits per heavy atom. The molecule has 136 valence electrons. The van der Waals surface area contributed by atoms with E-state index in [2.05, 4.69) is 4.90 Å². The Morgan fingerprint density at radius 2 is 1.85 bits per heavy atom. The van der Waals surface area contributed by atoms with Gasteiger partial charge in [0, 0.05) is 50.4 Å². The number of methoxy groups -OCH3 is 1. The van der Waals surface area contributed by atoms with Crippen LogP contribution in [0.2, 0.25) is 0 Å². The third kappa shape index (κ3) is 4.18. The summed E-state index contributed by atoms with van der Waals surface area (Å²) < 4.78 is 5.18. The molecule has 7 nitrogen and oxygen atoms in total. The van der Waals surface area contributed by atoms with Gasteiger partial charge in [-0.15, -0.1) is 0 Å². The first kappa shape index (κ1) is 17.9. The highest BCUT2D eigenvalue weighted by Crippen LogP contribution is 2.18. The average Bonchev–Trinajstić information content (AvgIpc) is 2.68. The second kappa shape index (κ2) is 7.97. The van der Waals surface area contributed by atoms with E-state index in [4.69, 9.17) is 4.74 Å². The number of non-ortho nitro benzene ring substituents is 1. The topological polar surface area (TPSA) is 75.9 Å². The second-order valence-corrected chi connectivity index (χ2v) is 6.23. The van der Waals surface area contributed by atoms with E-state index in [0.717, 1.165) is 18.7 Å². The molecular weight excluding hydrogens is 334 g/mol. The lowest BCUT2D eigenvalue weighted by Gasteiger charge is -2.34. The fourth-order valence-corrected chi connectivity index (χ4v) is 3.07. The van der Waals surface area contributed by atoms with Crippen LogP contribution < -0.4 is 4.74 Å². The van der Waals surface area contributed by atoms with E-state index in [0.29, 0.717) is 30.9 Å². The summed E-state index contributed by atoms with van der Waals surface area (Å²) in [6.45, 7) is 3.37. The molecule has 1 aliphatic rings. The quantitative estimate of drug-likeness (QED) is 0.609.